The van der Waals surface area contributed by atoms with Crippen LogP contribution in [-0.4, -0.2) is 90.7 Å². The van der Waals surface area contributed by atoms with Crippen molar-refractivity contribution < 1.29 is 47.6 Å². The fourth-order valence-corrected chi connectivity index (χ4v) is 8.10. The lowest BCUT2D eigenvalue weighted by Gasteiger charge is -2.32. The predicted octanol–water partition coefficient (Wildman–Crippen LogP) is 9.14. The number of likely N-dealkylation sites (N-methyl/N-ethyl adjacent to an activating group) is 2. The summed E-state index contributed by atoms with van der Waals surface area (Å²) < 4.78 is 32.5. The molecule has 374 valence electrons. The van der Waals surface area contributed by atoms with E-state index in [0.717, 1.165) is 35.7 Å². The van der Waals surface area contributed by atoms with Gasteiger partial charge in [-0.25, -0.2) is 19.2 Å². The number of fused-ring (bicyclic) bond motifs is 1. The van der Waals surface area contributed by atoms with Gasteiger partial charge >= 0.3 is 23.9 Å². The number of nitriles is 2. The Morgan fingerprint density at radius 1 is 0.548 bits per heavy atom. The molecule has 0 amide bonds. The number of aryl methyl sites for hydroxylation is 1. The highest BCUT2D eigenvalue weighted by Gasteiger charge is 2.41. The van der Waals surface area contributed by atoms with E-state index < -0.39 is 23.9 Å². The maximum absolute atomic E-state index is 12.4. The molecular weight excluding hydrogens is 925 g/mol. The van der Waals surface area contributed by atoms with Crippen LogP contribution in [0.3, 0.4) is 0 Å². The third-order valence-corrected chi connectivity index (χ3v) is 12.1. The van der Waals surface area contributed by atoms with Crippen molar-refractivity contribution in [1.82, 2.24) is 0 Å². The molecule has 0 aliphatic heterocycles. The number of rotatable bonds is 24. The Morgan fingerprint density at radius 2 is 0.932 bits per heavy atom. The average Bonchev–Trinajstić information content (AvgIpc) is 3.80. The van der Waals surface area contributed by atoms with Crippen LogP contribution in [-0.2, 0) is 50.0 Å². The third kappa shape index (κ3) is 14.4. The van der Waals surface area contributed by atoms with Gasteiger partial charge in [-0.15, -0.1) is 0 Å². The van der Waals surface area contributed by atoms with Crippen molar-refractivity contribution in [3.05, 3.63) is 190 Å². The first-order chi connectivity index (χ1) is 35.2. The van der Waals surface area contributed by atoms with Crippen LogP contribution in [0.4, 0.5) is 11.4 Å². The van der Waals surface area contributed by atoms with E-state index in [-0.39, 0.29) is 54.1 Å². The van der Waals surface area contributed by atoms with E-state index in [1.54, 1.807) is 0 Å². The first kappa shape index (κ1) is 53.5. The Labute approximate surface area is 426 Å². The smallest absolute Gasteiger partial charge is 0.349 e. The van der Waals surface area contributed by atoms with E-state index in [1.165, 1.54) is 48.3 Å². The van der Waals surface area contributed by atoms with Gasteiger partial charge in [0.2, 0.25) is 0 Å². The van der Waals surface area contributed by atoms with Crippen LogP contribution in [0, 0.1) is 22.7 Å². The van der Waals surface area contributed by atoms with Crippen molar-refractivity contribution >= 4 is 47.4 Å². The maximum atomic E-state index is 12.4. The van der Waals surface area contributed by atoms with E-state index >= 15 is 0 Å². The van der Waals surface area contributed by atoms with Crippen molar-refractivity contribution in [1.29, 1.82) is 10.5 Å². The number of carbonyl (C=O) groups excluding carboxylic acids is 4. The summed E-state index contributed by atoms with van der Waals surface area (Å²) in [4.78, 5) is 52.0. The predicted molar refractivity (Wildman–Crippen MR) is 279 cm³/mol. The van der Waals surface area contributed by atoms with E-state index in [2.05, 4.69) is 71.5 Å². The number of benzene rings is 5. The van der Waals surface area contributed by atoms with Gasteiger partial charge in [-0.1, -0.05) is 86.0 Å². The number of carbonyl (C=O) groups is 4. The topological polar surface area (TPSA) is 178 Å². The van der Waals surface area contributed by atoms with Crippen LogP contribution < -0.4 is 19.3 Å². The minimum atomic E-state index is -0.808. The summed E-state index contributed by atoms with van der Waals surface area (Å²) in [6, 6.07) is 44.0. The molecule has 0 N–H and O–H groups in total. The summed E-state index contributed by atoms with van der Waals surface area (Å²) in [6.45, 7) is 11.5. The first-order valence-electron chi connectivity index (χ1n) is 23.6. The highest BCUT2D eigenvalue weighted by Crippen LogP contribution is 2.49. The second-order valence-corrected chi connectivity index (χ2v) is 17.3. The van der Waals surface area contributed by atoms with Crippen molar-refractivity contribution in [3.63, 3.8) is 0 Å². The molecule has 0 saturated heterocycles. The molecule has 0 spiro atoms. The van der Waals surface area contributed by atoms with Gasteiger partial charge < -0.3 is 38.2 Å². The van der Waals surface area contributed by atoms with Crippen LogP contribution in [0.15, 0.2) is 157 Å². The van der Waals surface area contributed by atoms with Crippen LogP contribution in [0.25, 0.3) is 12.2 Å². The molecular formula is C59H58N4O10. The van der Waals surface area contributed by atoms with Crippen LogP contribution >= 0.6 is 0 Å². The van der Waals surface area contributed by atoms with Crippen molar-refractivity contribution in [3.8, 4) is 23.6 Å². The Bertz CT molecular complexity index is 2760. The molecule has 0 bridgehead atoms. The van der Waals surface area contributed by atoms with Gasteiger partial charge in [0.15, 0.2) is 0 Å². The van der Waals surface area contributed by atoms with Gasteiger partial charge in [0.05, 0.1) is 13.1 Å². The molecule has 0 fully saturated rings. The van der Waals surface area contributed by atoms with E-state index in [0.29, 0.717) is 37.4 Å². The number of anilines is 2. The molecule has 5 aromatic rings. The summed E-state index contributed by atoms with van der Waals surface area (Å²) in [5.41, 5.74) is 7.87. The third-order valence-electron chi connectivity index (χ3n) is 12.1. The second kappa shape index (κ2) is 25.8. The molecule has 0 saturated carbocycles. The SMILES string of the molecule is C=C(C)C(=O)OCCOC(=O)C(C#N)=Cc1ccc(N(C)CCOc2ccc(C3(c4ccc(OCCN(C)c5ccc(C=C(C#N)C(=O)OCCOC(=O)C(=C)C)cc5)cc4)CCc4ccccc43)cc2)cc1. The van der Waals surface area contributed by atoms with Crippen LogP contribution in [0.2, 0.25) is 0 Å². The fraction of sp³-hybridized carbons (Fsp3) is 0.254. The van der Waals surface area contributed by atoms with Crippen LogP contribution in [0.1, 0.15) is 53.6 Å². The van der Waals surface area contributed by atoms with Crippen LogP contribution in [0.5, 0.6) is 11.5 Å². The fourth-order valence-electron chi connectivity index (χ4n) is 8.10. The second-order valence-electron chi connectivity index (χ2n) is 17.3. The zero-order valence-corrected chi connectivity index (χ0v) is 41.6. The van der Waals surface area contributed by atoms with Gasteiger partial charge in [-0.05, 0) is 121 Å². The summed E-state index contributed by atoms with van der Waals surface area (Å²) in [5.74, 6) is -1.26. The molecule has 14 nitrogen and oxygen atoms in total. The van der Waals surface area contributed by atoms with E-state index in [1.807, 2.05) is 99.0 Å². The van der Waals surface area contributed by atoms with Gasteiger partial charge in [0, 0.05) is 42.0 Å². The normalized spacial score (nSPS) is 13.8. The lowest BCUT2D eigenvalue weighted by Crippen LogP contribution is -2.26. The van der Waals surface area contributed by atoms with Gasteiger partial charge in [-0.3, -0.25) is 0 Å². The van der Waals surface area contributed by atoms with Gasteiger partial charge in [0.1, 0.15) is 74.4 Å². The lowest BCUT2D eigenvalue weighted by molar-refractivity contribution is -0.147. The van der Waals surface area contributed by atoms with Crippen molar-refractivity contribution in [2.45, 2.75) is 32.1 Å². The van der Waals surface area contributed by atoms with E-state index in [9.17, 15) is 29.7 Å². The largest absolute Gasteiger partial charge is 0.492 e. The molecule has 14 heteroatoms. The highest BCUT2D eigenvalue weighted by atomic mass is 16.6. The number of nitrogens with zero attached hydrogens (tertiary/aromatic N) is 4. The Kier molecular flexibility index (Phi) is 18.9. The van der Waals surface area contributed by atoms with Crippen molar-refractivity contribution in [2.75, 3.05) is 76.6 Å². The minimum absolute atomic E-state index is 0.139. The van der Waals surface area contributed by atoms with Gasteiger partial charge in [-0.2, -0.15) is 10.5 Å². The molecule has 73 heavy (non-hydrogen) atoms. The maximum Gasteiger partial charge on any atom is 0.349 e. The molecule has 0 atom stereocenters. The molecule has 1 aliphatic carbocycles. The Hall–Kier alpha value is -8.88. The summed E-state index contributed by atoms with van der Waals surface area (Å²) in [7, 11) is 3.93. The summed E-state index contributed by atoms with van der Waals surface area (Å²) in [6.07, 6.45) is 4.76. The number of hydrogen-bond donors (Lipinski definition) is 0. The number of hydrogen-bond acceptors (Lipinski definition) is 14. The molecule has 5 aromatic carbocycles. The monoisotopic (exact) mass is 982 g/mol. The zero-order valence-electron chi connectivity index (χ0n) is 41.6. The first-order valence-corrected chi connectivity index (χ1v) is 23.6. The van der Waals surface area contributed by atoms with Crippen molar-refractivity contribution in [2.24, 2.45) is 0 Å². The van der Waals surface area contributed by atoms with Gasteiger partial charge in [0.25, 0.3) is 0 Å². The zero-order chi connectivity index (χ0) is 52.3. The molecule has 0 aromatic heterocycles. The quantitative estimate of drug-likeness (QED) is 0.0188. The number of ether oxygens (including phenoxy) is 6. The van der Waals surface area contributed by atoms with E-state index in [4.69, 9.17) is 28.4 Å². The average molecular weight is 983 g/mol. The Balaban J connectivity index is 1.00. The lowest BCUT2D eigenvalue weighted by atomic mass is 9.70. The minimum Gasteiger partial charge on any atom is -0.492 e. The summed E-state index contributed by atoms with van der Waals surface area (Å²) >= 11 is 0. The molecule has 1 aliphatic rings. The molecule has 0 heterocycles. The number of esters is 4. The molecule has 0 radical (unpaired) electrons. The summed E-state index contributed by atoms with van der Waals surface area (Å²) in [5, 5.41) is 19.1. The highest BCUT2D eigenvalue weighted by molar-refractivity contribution is 5.98. The molecule has 0 unspecified atom stereocenters. The standard InChI is InChI=1S/C59H58N4O10/c1-41(2)55(64)70-33-35-72-57(66)46(39-60)37-43-11-19-50(20-12-43)62(5)29-31-68-52-23-15-48(16-24-52)59(28-27-45-9-7-8-10-54(45)59)49-17-25-53(26-18-49)69-32-30-63(6)51-21-13-44(14-22-51)38-47(40-61)58(67)73-36-34-71-56(65)42(3)4/h7-26,37-38H,1,3,27-36H2,2,4-6H3. The Morgan fingerprint density at radius 3 is 1.32 bits per heavy atom. The molecule has 6 rings (SSSR count).